The predicted molar refractivity (Wildman–Crippen MR) is 77.0 cm³/mol. The van der Waals surface area contributed by atoms with Gasteiger partial charge in [-0.2, -0.15) is 0 Å². The molecule has 6 heteroatoms. The summed E-state index contributed by atoms with van der Waals surface area (Å²) in [6, 6.07) is 3.66. The van der Waals surface area contributed by atoms with Crippen molar-refractivity contribution in [1.29, 1.82) is 0 Å². The number of hydrogen-bond donors (Lipinski definition) is 0. The zero-order valence-electron chi connectivity index (χ0n) is 12.4. The number of rotatable bonds is 5. The number of nitro groups is 1. The highest BCUT2D eigenvalue weighted by atomic mass is 16.7. The Morgan fingerprint density at radius 2 is 2.24 bits per heavy atom. The van der Waals surface area contributed by atoms with Gasteiger partial charge in [-0.1, -0.05) is 0 Å². The van der Waals surface area contributed by atoms with Gasteiger partial charge in [0.1, 0.15) is 5.75 Å². The van der Waals surface area contributed by atoms with Crippen LogP contribution in [0.4, 0.5) is 5.69 Å². The summed E-state index contributed by atoms with van der Waals surface area (Å²) in [7, 11) is 2.06. The molecule has 6 nitrogen and oxygen atoms in total. The van der Waals surface area contributed by atoms with Gasteiger partial charge in [-0.15, -0.1) is 0 Å². The van der Waals surface area contributed by atoms with E-state index in [9.17, 15) is 10.1 Å². The van der Waals surface area contributed by atoms with Crippen LogP contribution in [0, 0.1) is 16.0 Å². The van der Waals surface area contributed by atoms with E-state index < -0.39 is 0 Å². The molecule has 0 radical (unpaired) electrons. The number of ether oxygens (including phenoxy) is 2. The largest absolute Gasteiger partial charge is 0.467 e. The molecule has 0 aromatic heterocycles. The molecule has 1 aliphatic carbocycles. The van der Waals surface area contributed by atoms with Gasteiger partial charge in [0.15, 0.2) is 6.79 Å². The van der Waals surface area contributed by atoms with Gasteiger partial charge in [0.2, 0.25) is 0 Å². The molecule has 1 fully saturated rings. The molecular formula is C15H20N2O4. The standard InChI is InChI=1S/C15H20N2O4/c1-10(11-3-4-11)16(2)7-12-5-14(17(18)19)6-13-8-20-9-21-15(12)13/h5-6,10-11H,3-4,7-9H2,1-2H3/t10-/m1/s1. The SMILES string of the molecule is C[C@H](C1CC1)N(C)Cc1cc([N+](=O)[O-])cc2c1OCOC2. The van der Waals surface area contributed by atoms with Gasteiger partial charge in [0.25, 0.3) is 5.69 Å². The lowest BCUT2D eigenvalue weighted by molar-refractivity contribution is -0.385. The summed E-state index contributed by atoms with van der Waals surface area (Å²) in [5.41, 5.74) is 1.74. The molecule has 1 heterocycles. The summed E-state index contributed by atoms with van der Waals surface area (Å²) in [6.45, 7) is 3.44. The Balaban J connectivity index is 1.88. The molecule has 0 amide bonds. The first kappa shape index (κ1) is 14.3. The van der Waals surface area contributed by atoms with Gasteiger partial charge < -0.3 is 9.47 Å². The van der Waals surface area contributed by atoms with Crippen LogP contribution in [0.5, 0.6) is 5.75 Å². The third-order valence-electron chi connectivity index (χ3n) is 4.40. The minimum absolute atomic E-state index is 0.102. The van der Waals surface area contributed by atoms with E-state index in [0.29, 0.717) is 19.2 Å². The first-order valence-electron chi connectivity index (χ1n) is 7.27. The average Bonchev–Trinajstić information content (AvgIpc) is 3.30. The second kappa shape index (κ2) is 5.61. The molecule has 0 unspecified atom stereocenters. The number of fused-ring (bicyclic) bond motifs is 1. The molecule has 0 spiro atoms. The van der Waals surface area contributed by atoms with Crippen LogP contribution in [0.15, 0.2) is 12.1 Å². The van der Waals surface area contributed by atoms with Crippen molar-refractivity contribution in [2.45, 2.75) is 39.0 Å². The maximum absolute atomic E-state index is 11.1. The van der Waals surface area contributed by atoms with Crippen molar-refractivity contribution < 1.29 is 14.4 Å². The van der Waals surface area contributed by atoms with Gasteiger partial charge in [-0.25, -0.2) is 0 Å². The number of nitro benzene ring substituents is 1. The molecule has 114 valence electrons. The molecule has 1 aliphatic heterocycles. The van der Waals surface area contributed by atoms with Crippen molar-refractivity contribution in [3.8, 4) is 5.75 Å². The van der Waals surface area contributed by atoms with E-state index in [0.717, 1.165) is 22.8 Å². The Hall–Kier alpha value is -1.66. The van der Waals surface area contributed by atoms with Crippen LogP contribution in [-0.4, -0.2) is 29.7 Å². The smallest absolute Gasteiger partial charge is 0.270 e. The Labute approximate surface area is 123 Å². The normalized spacial score (nSPS) is 19.0. The van der Waals surface area contributed by atoms with Gasteiger partial charge in [-0.3, -0.25) is 15.0 Å². The Bertz CT molecular complexity index is 557. The lowest BCUT2D eigenvalue weighted by Crippen LogP contribution is -2.30. The first-order chi connectivity index (χ1) is 10.1. The second-order valence-electron chi connectivity index (χ2n) is 5.95. The van der Waals surface area contributed by atoms with E-state index in [1.807, 2.05) is 0 Å². The maximum Gasteiger partial charge on any atom is 0.270 e. The molecule has 1 aromatic carbocycles. The van der Waals surface area contributed by atoms with Gasteiger partial charge in [0, 0.05) is 35.8 Å². The molecule has 1 saturated carbocycles. The van der Waals surface area contributed by atoms with E-state index in [-0.39, 0.29) is 17.4 Å². The van der Waals surface area contributed by atoms with Crippen molar-refractivity contribution in [1.82, 2.24) is 4.90 Å². The summed E-state index contributed by atoms with van der Waals surface area (Å²) in [5, 5.41) is 11.1. The topological polar surface area (TPSA) is 64.8 Å². The van der Waals surface area contributed by atoms with E-state index in [1.165, 1.54) is 12.8 Å². The molecular weight excluding hydrogens is 272 g/mol. The fourth-order valence-corrected chi connectivity index (χ4v) is 2.85. The molecule has 1 aromatic rings. The second-order valence-corrected chi connectivity index (χ2v) is 5.95. The van der Waals surface area contributed by atoms with E-state index in [4.69, 9.17) is 9.47 Å². The average molecular weight is 292 g/mol. The summed E-state index contributed by atoms with van der Waals surface area (Å²) in [6.07, 6.45) is 2.56. The van der Waals surface area contributed by atoms with Crippen molar-refractivity contribution >= 4 is 5.69 Å². The molecule has 3 rings (SSSR count). The Kier molecular flexibility index (Phi) is 3.82. The van der Waals surface area contributed by atoms with Crippen LogP contribution >= 0.6 is 0 Å². The number of nitrogens with zero attached hydrogens (tertiary/aromatic N) is 2. The van der Waals surface area contributed by atoms with Crippen LogP contribution in [0.2, 0.25) is 0 Å². The molecule has 0 bridgehead atoms. The third kappa shape index (κ3) is 3.01. The van der Waals surface area contributed by atoms with Crippen molar-refractivity contribution in [2.75, 3.05) is 13.8 Å². The summed E-state index contributed by atoms with van der Waals surface area (Å²) in [4.78, 5) is 13.0. The van der Waals surface area contributed by atoms with E-state index >= 15 is 0 Å². The minimum Gasteiger partial charge on any atom is -0.467 e. The Morgan fingerprint density at radius 3 is 2.90 bits per heavy atom. The maximum atomic E-state index is 11.1. The highest BCUT2D eigenvalue weighted by Crippen LogP contribution is 2.37. The zero-order chi connectivity index (χ0) is 15.0. The van der Waals surface area contributed by atoms with E-state index in [2.05, 4.69) is 18.9 Å². The fourth-order valence-electron chi connectivity index (χ4n) is 2.85. The molecule has 21 heavy (non-hydrogen) atoms. The van der Waals surface area contributed by atoms with Crippen molar-refractivity contribution in [2.24, 2.45) is 5.92 Å². The van der Waals surface area contributed by atoms with E-state index in [1.54, 1.807) is 12.1 Å². The number of benzene rings is 1. The van der Waals surface area contributed by atoms with Gasteiger partial charge >= 0.3 is 0 Å². The summed E-state index contributed by atoms with van der Waals surface area (Å²) >= 11 is 0. The first-order valence-corrected chi connectivity index (χ1v) is 7.27. The lowest BCUT2D eigenvalue weighted by Gasteiger charge is -2.27. The van der Waals surface area contributed by atoms with Crippen molar-refractivity contribution in [3.63, 3.8) is 0 Å². The monoisotopic (exact) mass is 292 g/mol. The summed E-state index contributed by atoms with van der Waals surface area (Å²) < 4.78 is 10.8. The molecule has 0 saturated heterocycles. The van der Waals surface area contributed by atoms with Crippen LogP contribution in [-0.2, 0) is 17.9 Å². The van der Waals surface area contributed by atoms with Crippen LogP contribution < -0.4 is 4.74 Å². The van der Waals surface area contributed by atoms with Gasteiger partial charge in [0.05, 0.1) is 11.5 Å². The molecule has 2 aliphatic rings. The third-order valence-corrected chi connectivity index (χ3v) is 4.40. The number of hydrogen-bond acceptors (Lipinski definition) is 5. The molecule has 0 N–H and O–H groups in total. The summed E-state index contributed by atoms with van der Waals surface area (Å²) in [5.74, 6) is 1.51. The molecule has 1 atom stereocenters. The number of non-ortho nitro benzene ring substituents is 1. The highest BCUT2D eigenvalue weighted by molar-refractivity contribution is 5.50. The zero-order valence-corrected chi connectivity index (χ0v) is 12.4. The highest BCUT2D eigenvalue weighted by Gasteiger charge is 2.31. The quantitative estimate of drug-likeness (QED) is 0.616. The predicted octanol–water partition coefficient (Wildman–Crippen LogP) is 2.69. The van der Waals surface area contributed by atoms with Crippen LogP contribution in [0.1, 0.15) is 30.9 Å². The van der Waals surface area contributed by atoms with Gasteiger partial charge in [-0.05, 0) is 32.7 Å². The van der Waals surface area contributed by atoms with Crippen LogP contribution in [0.25, 0.3) is 0 Å². The van der Waals surface area contributed by atoms with Crippen molar-refractivity contribution in [3.05, 3.63) is 33.4 Å². The minimum atomic E-state index is -0.358. The fraction of sp³-hybridized carbons (Fsp3) is 0.600. The van der Waals surface area contributed by atoms with Crippen LogP contribution in [0.3, 0.4) is 0 Å². The lowest BCUT2D eigenvalue weighted by atomic mass is 10.1. The Morgan fingerprint density at radius 1 is 1.48 bits per heavy atom.